The normalized spacial score (nSPS) is 12.1. The zero-order valence-electron chi connectivity index (χ0n) is 18.8. The van der Waals surface area contributed by atoms with E-state index in [0.717, 1.165) is 18.7 Å². The van der Waals surface area contributed by atoms with Crippen molar-refractivity contribution < 1.29 is 19.6 Å². The van der Waals surface area contributed by atoms with E-state index in [4.69, 9.17) is 4.74 Å². The number of ether oxygens (including phenoxy) is 1. The molecule has 172 valence electrons. The van der Waals surface area contributed by atoms with Gasteiger partial charge in [-0.25, -0.2) is 5.43 Å². The zero-order chi connectivity index (χ0) is 24.1. The predicted molar refractivity (Wildman–Crippen MR) is 127 cm³/mol. The molecule has 2 aromatic rings. The van der Waals surface area contributed by atoms with Crippen molar-refractivity contribution >= 4 is 33.7 Å². The molecule has 0 aliphatic rings. The number of halogens is 1. The molecule has 1 amide bonds. The van der Waals surface area contributed by atoms with E-state index in [1.165, 1.54) is 11.6 Å². The fraction of sp³-hybridized carbons (Fsp3) is 0.391. The van der Waals surface area contributed by atoms with Crippen molar-refractivity contribution in [3.8, 4) is 11.5 Å². The molecule has 0 bridgehead atoms. The number of nitrogens with zero attached hydrogens (tertiary/aromatic N) is 2. The van der Waals surface area contributed by atoms with Gasteiger partial charge >= 0.3 is 0 Å². The summed E-state index contributed by atoms with van der Waals surface area (Å²) in [5.41, 5.74) is 3.53. The molecule has 8 nitrogen and oxygen atoms in total. The van der Waals surface area contributed by atoms with E-state index >= 15 is 0 Å². The van der Waals surface area contributed by atoms with Crippen LogP contribution in [0.25, 0.3) is 0 Å². The van der Waals surface area contributed by atoms with Crippen LogP contribution in [-0.2, 0) is 10.2 Å². The van der Waals surface area contributed by atoms with E-state index in [0.29, 0.717) is 5.75 Å². The fourth-order valence-electron chi connectivity index (χ4n) is 3.59. The number of phenols is 1. The summed E-state index contributed by atoms with van der Waals surface area (Å²) < 4.78 is 5.65. The van der Waals surface area contributed by atoms with E-state index in [1.54, 1.807) is 0 Å². The molecule has 0 radical (unpaired) electrons. The maximum atomic E-state index is 12.0. The number of carbonyl (C=O) groups is 1. The molecule has 0 aromatic heterocycles. The van der Waals surface area contributed by atoms with Gasteiger partial charge in [0.05, 0.1) is 15.6 Å². The van der Waals surface area contributed by atoms with Crippen molar-refractivity contribution in [3.05, 3.63) is 62.1 Å². The smallest absolute Gasteiger partial charge is 0.277 e. The number of non-ortho nitro benzene ring substituents is 1. The van der Waals surface area contributed by atoms with Crippen molar-refractivity contribution in [1.29, 1.82) is 0 Å². The molecule has 2 aromatic carbocycles. The summed E-state index contributed by atoms with van der Waals surface area (Å²) in [5, 5.41) is 24.6. The van der Waals surface area contributed by atoms with Crippen LogP contribution in [-0.4, -0.2) is 28.8 Å². The number of amides is 1. The van der Waals surface area contributed by atoms with Gasteiger partial charge in [0.1, 0.15) is 11.5 Å². The number of nitro groups is 1. The molecule has 9 heteroatoms. The molecule has 32 heavy (non-hydrogen) atoms. The van der Waals surface area contributed by atoms with Gasteiger partial charge in [0.25, 0.3) is 11.6 Å². The minimum atomic E-state index is -0.594. The van der Waals surface area contributed by atoms with Crippen LogP contribution < -0.4 is 10.2 Å². The maximum Gasteiger partial charge on any atom is 0.277 e. The minimum absolute atomic E-state index is 0.00986. The van der Waals surface area contributed by atoms with E-state index in [-0.39, 0.29) is 38.9 Å². The quantitative estimate of drug-likeness (QED) is 0.286. The lowest BCUT2D eigenvalue weighted by Crippen LogP contribution is -2.25. The SMILES string of the molecule is CC(C)(C)CC(C)(C)c1ccc(OCC(=O)N/N=C/c2cc([N+](=O)[O-])cc(Br)c2O)cc1. The highest BCUT2D eigenvalue weighted by molar-refractivity contribution is 9.10. The molecule has 0 saturated carbocycles. The second-order valence-corrected chi connectivity index (χ2v) is 10.2. The lowest BCUT2D eigenvalue weighted by Gasteiger charge is -2.33. The highest BCUT2D eigenvalue weighted by atomic mass is 79.9. The molecule has 0 aliphatic carbocycles. The van der Waals surface area contributed by atoms with Gasteiger partial charge in [-0.05, 0) is 50.9 Å². The van der Waals surface area contributed by atoms with E-state index in [1.807, 2.05) is 24.3 Å². The largest absolute Gasteiger partial charge is 0.506 e. The van der Waals surface area contributed by atoms with Crippen molar-refractivity contribution in [2.75, 3.05) is 6.61 Å². The lowest BCUT2D eigenvalue weighted by molar-refractivity contribution is -0.385. The Balaban J connectivity index is 1.93. The molecule has 0 atom stereocenters. The average Bonchev–Trinajstić information content (AvgIpc) is 2.67. The summed E-state index contributed by atoms with van der Waals surface area (Å²) >= 11 is 3.04. The second-order valence-electron chi connectivity index (χ2n) is 9.35. The van der Waals surface area contributed by atoms with Crippen LogP contribution in [0.5, 0.6) is 11.5 Å². The van der Waals surface area contributed by atoms with E-state index in [9.17, 15) is 20.0 Å². The standard InChI is InChI=1S/C23H28BrN3O5/c1-22(2,3)14-23(4,5)16-6-8-18(9-7-16)32-13-20(28)26-25-12-15-10-17(27(30)31)11-19(24)21(15)29/h6-12,29H,13-14H2,1-5H3,(H,26,28)/b25-12+. The Bertz CT molecular complexity index is 1010. The van der Waals surface area contributed by atoms with Crippen LogP contribution in [0.1, 0.15) is 52.2 Å². The number of phenolic OH excluding ortho intramolecular Hbond substituents is 1. The van der Waals surface area contributed by atoms with Crippen LogP contribution in [0.15, 0.2) is 46.0 Å². The van der Waals surface area contributed by atoms with Gasteiger partial charge in [-0.1, -0.05) is 46.8 Å². The number of hydrogen-bond acceptors (Lipinski definition) is 6. The molecule has 2 rings (SSSR count). The third-order valence-electron chi connectivity index (χ3n) is 4.66. The lowest BCUT2D eigenvalue weighted by atomic mass is 9.72. The summed E-state index contributed by atoms with van der Waals surface area (Å²) in [5.74, 6) is -0.179. The third-order valence-corrected chi connectivity index (χ3v) is 5.26. The van der Waals surface area contributed by atoms with Crippen molar-refractivity contribution in [2.24, 2.45) is 10.5 Å². The Kier molecular flexibility index (Phi) is 8.01. The second kappa shape index (κ2) is 10.1. The van der Waals surface area contributed by atoms with Gasteiger partial charge in [0.2, 0.25) is 0 Å². The summed E-state index contributed by atoms with van der Waals surface area (Å²) in [7, 11) is 0. The number of carbonyl (C=O) groups excluding carboxylic acids is 1. The first-order valence-electron chi connectivity index (χ1n) is 10.0. The summed E-state index contributed by atoms with van der Waals surface area (Å²) in [6, 6.07) is 9.98. The van der Waals surface area contributed by atoms with Gasteiger partial charge in [-0.15, -0.1) is 0 Å². The highest BCUT2D eigenvalue weighted by Crippen LogP contribution is 2.36. The molecule has 2 N–H and O–H groups in total. The molecule has 0 spiro atoms. The summed E-state index contributed by atoms with van der Waals surface area (Å²) in [6.07, 6.45) is 2.15. The molecule has 0 fully saturated rings. The Morgan fingerprint density at radius 1 is 1.22 bits per heavy atom. The number of nitrogens with one attached hydrogen (secondary N) is 1. The topological polar surface area (TPSA) is 114 Å². The van der Waals surface area contributed by atoms with Crippen LogP contribution in [0.4, 0.5) is 5.69 Å². The van der Waals surface area contributed by atoms with Crippen LogP contribution in [0, 0.1) is 15.5 Å². The average molecular weight is 506 g/mol. The van der Waals surface area contributed by atoms with E-state index in [2.05, 4.69) is 61.1 Å². The van der Waals surface area contributed by atoms with Crippen molar-refractivity contribution in [2.45, 2.75) is 46.5 Å². The molecule has 0 unspecified atom stereocenters. The zero-order valence-corrected chi connectivity index (χ0v) is 20.4. The van der Waals surface area contributed by atoms with Gasteiger partial charge in [0.15, 0.2) is 6.61 Å². The van der Waals surface area contributed by atoms with Gasteiger partial charge in [-0.2, -0.15) is 5.10 Å². The van der Waals surface area contributed by atoms with Crippen LogP contribution in [0.3, 0.4) is 0 Å². The fourth-order valence-corrected chi connectivity index (χ4v) is 4.06. The number of benzene rings is 2. The molecule has 0 saturated heterocycles. The summed E-state index contributed by atoms with van der Waals surface area (Å²) in [4.78, 5) is 22.3. The van der Waals surface area contributed by atoms with Crippen molar-refractivity contribution in [1.82, 2.24) is 5.43 Å². The predicted octanol–water partition coefficient (Wildman–Crippen LogP) is 5.31. The molecular weight excluding hydrogens is 478 g/mol. The first-order valence-corrected chi connectivity index (χ1v) is 10.8. The third kappa shape index (κ3) is 7.33. The van der Waals surface area contributed by atoms with Crippen LogP contribution >= 0.6 is 15.9 Å². The van der Waals surface area contributed by atoms with E-state index < -0.39 is 10.8 Å². The number of nitro benzene ring substituents is 1. The Hall–Kier alpha value is -2.94. The first-order chi connectivity index (χ1) is 14.8. The van der Waals surface area contributed by atoms with Gasteiger partial charge in [-0.3, -0.25) is 14.9 Å². The van der Waals surface area contributed by atoms with Crippen molar-refractivity contribution in [3.63, 3.8) is 0 Å². The summed E-state index contributed by atoms with van der Waals surface area (Å²) in [6.45, 7) is 10.8. The van der Waals surface area contributed by atoms with Crippen LogP contribution in [0.2, 0.25) is 0 Å². The monoisotopic (exact) mass is 505 g/mol. The molecule has 0 heterocycles. The Morgan fingerprint density at radius 3 is 2.41 bits per heavy atom. The maximum absolute atomic E-state index is 12.0. The number of hydrazone groups is 1. The Labute approximate surface area is 196 Å². The number of rotatable bonds is 8. The Morgan fingerprint density at radius 2 is 1.84 bits per heavy atom. The van der Waals surface area contributed by atoms with Gasteiger partial charge in [0, 0.05) is 17.7 Å². The first kappa shape index (κ1) is 25.3. The number of aromatic hydroxyl groups is 1. The minimum Gasteiger partial charge on any atom is -0.506 e. The highest BCUT2D eigenvalue weighted by Gasteiger charge is 2.27. The molecular formula is C23H28BrN3O5. The number of hydrogen-bond donors (Lipinski definition) is 2. The van der Waals surface area contributed by atoms with Gasteiger partial charge < -0.3 is 9.84 Å². The molecule has 0 aliphatic heterocycles.